The van der Waals surface area contributed by atoms with Crippen LogP contribution in [0.5, 0.6) is 0 Å². The quantitative estimate of drug-likeness (QED) is 0.931. The molecule has 1 aromatic heterocycles. The Labute approximate surface area is 123 Å². The molecule has 1 heterocycles. The van der Waals surface area contributed by atoms with Gasteiger partial charge < -0.3 is 5.32 Å². The molecule has 1 saturated carbocycles. The average Bonchev–Trinajstić information content (AvgIpc) is 2.75. The van der Waals surface area contributed by atoms with E-state index < -0.39 is 0 Å². The molecule has 3 rings (SSSR count). The number of anilines is 1. The second-order valence-electron chi connectivity index (χ2n) is 5.95. The van der Waals surface area contributed by atoms with Crippen LogP contribution in [0.4, 0.5) is 5.13 Å². The molecule has 0 saturated heterocycles. The molecule has 2 aromatic rings. The molecule has 20 heavy (non-hydrogen) atoms. The number of carbonyl (C=O) groups excluding carboxylic acids is 1. The zero-order valence-electron chi connectivity index (χ0n) is 11.9. The molecule has 104 valence electrons. The summed E-state index contributed by atoms with van der Waals surface area (Å²) in [5, 5.41) is 3.64. The third-order valence-electron chi connectivity index (χ3n) is 4.12. The fourth-order valence-electron chi connectivity index (χ4n) is 3.01. The van der Waals surface area contributed by atoms with E-state index >= 15 is 0 Å². The van der Waals surface area contributed by atoms with E-state index in [2.05, 4.69) is 36.3 Å². The van der Waals surface area contributed by atoms with Crippen molar-refractivity contribution in [3.05, 3.63) is 47.0 Å². The maximum atomic E-state index is 12.4. The van der Waals surface area contributed by atoms with Crippen molar-refractivity contribution in [3.8, 4) is 0 Å². The van der Waals surface area contributed by atoms with Crippen molar-refractivity contribution in [1.82, 2.24) is 4.98 Å². The van der Waals surface area contributed by atoms with Crippen molar-refractivity contribution < 1.29 is 4.79 Å². The Morgan fingerprint density at radius 2 is 2.00 bits per heavy atom. The molecule has 0 spiro atoms. The van der Waals surface area contributed by atoms with E-state index in [1.165, 1.54) is 16.9 Å². The highest BCUT2D eigenvalue weighted by Crippen LogP contribution is 2.64. The summed E-state index contributed by atoms with van der Waals surface area (Å²) in [6.45, 7) is 6.30. The minimum Gasteiger partial charge on any atom is -0.302 e. The lowest BCUT2D eigenvalue weighted by molar-refractivity contribution is -0.118. The van der Waals surface area contributed by atoms with Gasteiger partial charge >= 0.3 is 0 Å². The molecule has 0 unspecified atom stereocenters. The number of nitrogens with zero attached hydrogens (tertiary/aromatic N) is 1. The van der Waals surface area contributed by atoms with Crippen LogP contribution in [0.1, 0.15) is 30.2 Å². The molecule has 1 aliphatic rings. The molecule has 0 bridgehead atoms. The first-order chi connectivity index (χ1) is 9.50. The fourth-order valence-corrected chi connectivity index (χ4v) is 3.67. The van der Waals surface area contributed by atoms with Gasteiger partial charge in [0.05, 0.1) is 5.92 Å². The molecule has 2 atom stereocenters. The van der Waals surface area contributed by atoms with Crippen molar-refractivity contribution in [1.29, 1.82) is 0 Å². The van der Waals surface area contributed by atoms with E-state index in [9.17, 15) is 4.79 Å². The van der Waals surface area contributed by atoms with E-state index in [0.717, 1.165) is 4.88 Å². The standard InChI is InChI=1S/C16H18N2OS/c1-10-9-17-15(20-10)18-14(19)13-12(16(13,2)3)11-7-5-4-6-8-11/h4-9,12-13H,1-3H3,(H,17,18,19)/t12-,13+/m1/s1. The van der Waals surface area contributed by atoms with Crippen LogP contribution in [0.3, 0.4) is 0 Å². The Morgan fingerprint density at radius 1 is 1.30 bits per heavy atom. The van der Waals surface area contributed by atoms with Gasteiger partial charge in [-0.15, -0.1) is 11.3 Å². The van der Waals surface area contributed by atoms with E-state index in [-0.39, 0.29) is 17.2 Å². The molecule has 0 radical (unpaired) electrons. The second-order valence-corrected chi connectivity index (χ2v) is 7.19. The summed E-state index contributed by atoms with van der Waals surface area (Å²) in [7, 11) is 0. The molecule has 1 fully saturated rings. The second kappa shape index (κ2) is 4.70. The number of thiazole rings is 1. The highest BCUT2D eigenvalue weighted by atomic mass is 32.1. The van der Waals surface area contributed by atoms with Gasteiger partial charge in [0.25, 0.3) is 0 Å². The molecule has 4 heteroatoms. The molecular formula is C16H18N2OS. The maximum Gasteiger partial charge on any atom is 0.230 e. The van der Waals surface area contributed by atoms with Crippen LogP contribution in [-0.2, 0) is 4.79 Å². The summed E-state index contributed by atoms with van der Waals surface area (Å²) < 4.78 is 0. The number of amides is 1. The van der Waals surface area contributed by atoms with Crippen LogP contribution in [0.25, 0.3) is 0 Å². The summed E-state index contributed by atoms with van der Waals surface area (Å²) in [6.07, 6.45) is 1.78. The summed E-state index contributed by atoms with van der Waals surface area (Å²) >= 11 is 1.52. The Morgan fingerprint density at radius 3 is 2.60 bits per heavy atom. The summed E-state index contributed by atoms with van der Waals surface area (Å²) in [5.74, 6) is 0.400. The van der Waals surface area contributed by atoms with Crippen molar-refractivity contribution >= 4 is 22.4 Å². The molecule has 1 amide bonds. The fraction of sp³-hybridized carbons (Fsp3) is 0.375. The van der Waals surface area contributed by atoms with Gasteiger partial charge in [0.2, 0.25) is 5.91 Å². The highest BCUT2D eigenvalue weighted by Gasteiger charge is 2.62. The van der Waals surface area contributed by atoms with Gasteiger partial charge in [-0.25, -0.2) is 4.98 Å². The molecule has 0 aliphatic heterocycles. The van der Waals surface area contributed by atoms with E-state index in [4.69, 9.17) is 0 Å². The first-order valence-corrected chi connectivity index (χ1v) is 7.60. The summed E-state index contributed by atoms with van der Waals surface area (Å²) in [5.41, 5.74) is 1.26. The van der Waals surface area contributed by atoms with Crippen LogP contribution in [0.15, 0.2) is 36.5 Å². The van der Waals surface area contributed by atoms with Crippen LogP contribution in [-0.4, -0.2) is 10.9 Å². The SMILES string of the molecule is Cc1cnc(NC(=O)[C@@H]2[C@@H](c3ccccc3)C2(C)C)s1. The molecule has 1 aromatic carbocycles. The van der Waals surface area contributed by atoms with Crippen LogP contribution >= 0.6 is 11.3 Å². The van der Waals surface area contributed by atoms with E-state index in [0.29, 0.717) is 11.0 Å². The molecular weight excluding hydrogens is 268 g/mol. The lowest BCUT2D eigenvalue weighted by atomic mass is 10.0. The molecule has 3 nitrogen and oxygen atoms in total. The first kappa shape index (κ1) is 13.3. The number of aryl methyl sites for hydroxylation is 1. The topological polar surface area (TPSA) is 42.0 Å². The number of hydrogen-bond acceptors (Lipinski definition) is 3. The molecule has 1 aliphatic carbocycles. The zero-order valence-corrected chi connectivity index (χ0v) is 12.7. The monoisotopic (exact) mass is 286 g/mol. The van der Waals surface area contributed by atoms with Gasteiger partial charge in [-0.1, -0.05) is 44.2 Å². The highest BCUT2D eigenvalue weighted by molar-refractivity contribution is 7.15. The number of benzene rings is 1. The van der Waals surface area contributed by atoms with Gasteiger partial charge in [0, 0.05) is 17.0 Å². The number of aromatic nitrogens is 1. The van der Waals surface area contributed by atoms with Crippen molar-refractivity contribution in [3.63, 3.8) is 0 Å². The Kier molecular flexibility index (Phi) is 3.13. The van der Waals surface area contributed by atoms with Gasteiger partial charge in [-0.3, -0.25) is 4.79 Å². The minimum absolute atomic E-state index is 0.0116. The zero-order chi connectivity index (χ0) is 14.3. The van der Waals surface area contributed by atoms with Crippen LogP contribution < -0.4 is 5.32 Å². The Bertz CT molecular complexity index is 633. The number of nitrogens with one attached hydrogen (secondary N) is 1. The van der Waals surface area contributed by atoms with Crippen molar-refractivity contribution in [2.45, 2.75) is 26.7 Å². The smallest absolute Gasteiger partial charge is 0.230 e. The largest absolute Gasteiger partial charge is 0.302 e. The average molecular weight is 286 g/mol. The lowest BCUT2D eigenvalue weighted by Gasteiger charge is -2.02. The summed E-state index contributed by atoms with van der Waals surface area (Å²) in [4.78, 5) is 17.7. The lowest BCUT2D eigenvalue weighted by Crippen LogP contribution is -2.16. The van der Waals surface area contributed by atoms with Crippen molar-refractivity contribution in [2.24, 2.45) is 11.3 Å². The third-order valence-corrected chi connectivity index (χ3v) is 4.95. The van der Waals surface area contributed by atoms with Crippen LogP contribution in [0, 0.1) is 18.3 Å². The van der Waals surface area contributed by atoms with Gasteiger partial charge in [-0.2, -0.15) is 0 Å². The van der Waals surface area contributed by atoms with Crippen molar-refractivity contribution in [2.75, 3.05) is 5.32 Å². The Hall–Kier alpha value is -1.68. The predicted molar refractivity (Wildman–Crippen MR) is 81.9 cm³/mol. The number of hydrogen-bond donors (Lipinski definition) is 1. The van der Waals surface area contributed by atoms with Crippen LogP contribution in [0.2, 0.25) is 0 Å². The normalized spacial score (nSPS) is 23.4. The van der Waals surface area contributed by atoms with Gasteiger partial charge in [0.1, 0.15) is 0 Å². The molecule has 1 N–H and O–H groups in total. The predicted octanol–water partition coefficient (Wildman–Crippen LogP) is 3.83. The van der Waals surface area contributed by atoms with E-state index in [1.807, 2.05) is 25.1 Å². The summed E-state index contributed by atoms with van der Waals surface area (Å²) in [6, 6.07) is 10.3. The van der Waals surface area contributed by atoms with E-state index in [1.54, 1.807) is 6.20 Å². The maximum absolute atomic E-state index is 12.4. The Balaban J connectivity index is 1.76. The number of rotatable bonds is 3. The minimum atomic E-state index is 0.0116. The van der Waals surface area contributed by atoms with Gasteiger partial charge in [-0.05, 0) is 17.9 Å². The number of carbonyl (C=O) groups is 1. The first-order valence-electron chi connectivity index (χ1n) is 6.78. The van der Waals surface area contributed by atoms with Gasteiger partial charge in [0.15, 0.2) is 5.13 Å². The third kappa shape index (κ3) is 2.24.